The first-order valence-corrected chi connectivity index (χ1v) is 3.57. The van der Waals surface area contributed by atoms with Gasteiger partial charge in [0.25, 0.3) is 0 Å². The average molecular weight is 235 g/mol. The molecule has 0 atom stereocenters. The second kappa shape index (κ2) is 2.98. The molecule has 0 aliphatic heterocycles. The van der Waals surface area contributed by atoms with E-state index in [1.165, 1.54) is 0 Å². The topological polar surface area (TPSA) is 87.7 Å². The molecule has 6 heteroatoms. The molecular weight excluding hydrogens is 232 g/mol. The first-order valence-electron chi connectivity index (χ1n) is 2.78. The number of rotatable bonds is 2. The molecule has 2 N–H and O–H groups in total. The van der Waals surface area contributed by atoms with Crippen molar-refractivity contribution in [1.82, 2.24) is 0 Å². The Labute approximate surface area is 74.7 Å². The first-order chi connectivity index (χ1) is 5.52. The van der Waals surface area contributed by atoms with Crippen LogP contribution in [0.25, 0.3) is 0 Å². The SMILES string of the molecule is O=C(O)c1cc(Br)c(C(=O)O)o1. The Morgan fingerprint density at radius 3 is 2.17 bits per heavy atom. The molecule has 0 saturated heterocycles. The highest BCUT2D eigenvalue weighted by molar-refractivity contribution is 9.10. The molecule has 0 spiro atoms. The van der Waals surface area contributed by atoms with Gasteiger partial charge in [0, 0.05) is 6.07 Å². The summed E-state index contributed by atoms with van der Waals surface area (Å²) in [6, 6.07) is 1.09. The molecule has 1 aromatic heterocycles. The van der Waals surface area contributed by atoms with Gasteiger partial charge < -0.3 is 14.6 Å². The number of furan rings is 1. The van der Waals surface area contributed by atoms with Gasteiger partial charge in [-0.25, -0.2) is 9.59 Å². The van der Waals surface area contributed by atoms with E-state index in [0.717, 1.165) is 6.07 Å². The molecule has 0 aliphatic rings. The van der Waals surface area contributed by atoms with E-state index in [1.54, 1.807) is 0 Å². The number of halogens is 1. The van der Waals surface area contributed by atoms with E-state index in [9.17, 15) is 9.59 Å². The van der Waals surface area contributed by atoms with Crippen molar-refractivity contribution in [3.8, 4) is 0 Å². The maximum atomic E-state index is 10.3. The van der Waals surface area contributed by atoms with Crippen molar-refractivity contribution in [2.24, 2.45) is 0 Å². The molecule has 0 radical (unpaired) electrons. The molecule has 1 heterocycles. The Kier molecular flexibility index (Phi) is 2.18. The van der Waals surface area contributed by atoms with Crippen molar-refractivity contribution in [1.29, 1.82) is 0 Å². The number of carboxylic acids is 2. The minimum absolute atomic E-state index is 0.118. The molecule has 5 nitrogen and oxygen atoms in total. The Hall–Kier alpha value is -1.30. The van der Waals surface area contributed by atoms with Crippen LogP contribution in [0.5, 0.6) is 0 Å². The lowest BCUT2D eigenvalue weighted by atomic mass is 10.4. The van der Waals surface area contributed by atoms with Gasteiger partial charge in [-0.05, 0) is 15.9 Å². The van der Waals surface area contributed by atoms with Gasteiger partial charge in [-0.2, -0.15) is 0 Å². The smallest absolute Gasteiger partial charge is 0.373 e. The number of hydrogen-bond acceptors (Lipinski definition) is 3. The van der Waals surface area contributed by atoms with Gasteiger partial charge >= 0.3 is 11.9 Å². The van der Waals surface area contributed by atoms with Crippen molar-refractivity contribution in [2.45, 2.75) is 0 Å². The minimum atomic E-state index is -1.31. The van der Waals surface area contributed by atoms with Crippen molar-refractivity contribution < 1.29 is 24.2 Å². The lowest BCUT2D eigenvalue weighted by Gasteiger charge is -1.86. The summed E-state index contributed by atoms with van der Waals surface area (Å²) in [7, 11) is 0. The van der Waals surface area contributed by atoms with Gasteiger partial charge in [-0.3, -0.25) is 0 Å². The molecule has 1 rings (SSSR count). The Morgan fingerprint density at radius 1 is 1.33 bits per heavy atom. The van der Waals surface area contributed by atoms with Crippen LogP contribution in [-0.2, 0) is 0 Å². The highest BCUT2D eigenvalue weighted by atomic mass is 79.9. The molecule has 0 bridgehead atoms. The highest BCUT2D eigenvalue weighted by Crippen LogP contribution is 2.21. The third-order valence-corrected chi connectivity index (χ3v) is 1.68. The molecule has 12 heavy (non-hydrogen) atoms. The summed E-state index contributed by atoms with van der Waals surface area (Å²) in [5, 5.41) is 16.8. The minimum Gasteiger partial charge on any atom is -0.475 e. The van der Waals surface area contributed by atoms with E-state index >= 15 is 0 Å². The predicted molar refractivity (Wildman–Crippen MR) is 40.3 cm³/mol. The van der Waals surface area contributed by atoms with Crippen LogP contribution in [0.1, 0.15) is 21.1 Å². The van der Waals surface area contributed by atoms with Crippen LogP contribution in [0, 0.1) is 0 Å². The number of carboxylic acid groups (broad SMARTS) is 2. The number of hydrogen-bond donors (Lipinski definition) is 2. The fourth-order valence-corrected chi connectivity index (χ4v) is 1.08. The zero-order valence-corrected chi connectivity index (χ0v) is 7.16. The summed E-state index contributed by atoms with van der Waals surface area (Å²) in [5.41, 5.74) is 0. The zero-order chi connectivity index (χ0) is 9.30. The fourth-order valence-electron chi connectivity index (χ4n) is 0.620. The molecule has 0 aliphatic carbocycles. The fraction of sp³-hybridized carbons (Fsp3) is 0. The van der Waals surface area contributed by atoms with Crippen molar-refractivity contribution >= 4 is 27.9 Å². The molecule has 0 unspecified atom stereocenters. The van der Waals surface area contributed by atoms with E-state index in [-0.39, 0.29) is 4.47 Å². The maximum Gasteiger partial charge on any atom is 0.373 e. The van der Waals surface area contributed by atoms with Gasteiger partial charge in [0.15, 0.2) is 0 Å². The lowest BCUT2D eigenvalue weighted by Crippen LogP contribution is -1.95. The van der Waals surface area contributed by atoms with E-state index in [1.807, 2.05) is 0 Å². The zero-order valence-electron chi connectivity index (χ0n) is 5.57. The molecule has 64 valence electrons. The van der Waals surface area contributed by atoms with E-state index in [0.29, 0.717) is 0 Å². The predicted octanol–water partition coefficient (Wildman–Crippen LogP) is 1.44. The summed E-state index contributed by atoms with van der Waals surface area (Å²) in [6.45, 7) is 0. The van der Waals surface area contributed by atoms with Gasteiger partial charge in [-0.1, -0.05) is 0 Å². The van der Waals surface area contributed by atoms with Crippen LogP contribution >= 0.6 is 15.9 Å². The van der Waals surface area contributed by atoms with E-state index < -0.39 is 23.5 Å². The van der Waals surface area contributed by atoms with Crippen LogP contribution in [0.4, 0.5) is 0 Å². The van der Waals surface area contributed by atoms with Crippen LogP contribution in [0.15, 0.2) is 15.0 Å². The second-order valence-electron chi connectivity index (χ2n) is 1.90. The normalized spacial score (nSPS) is 9.75. The standard InChI is InChI=1S/C6H3BrO5/c7-2-1-3(5(8)9)12-4(2)6(10)11/h1H,(H,8,9)(H,10,11). The second-order valence-corrected chi connectivity index (χ2v) is 2.75. The largest absolute Gasteiger partial charge is 0.475 e. The summed E-state index contributed by atoms with van der Waals surface area (Å²) < 4.78 is 4.61. The molecule has 0 fully saturated rings. The monoisotopic (exact) mass is 234 g/mol. The van der Waals surface area contributed by atoms with Gasteiger partial charge in [0.2, 0.25) is 11.5 Å². The number of aromatic carboxylic acids is 2. The summed E-state index contributed by atoms with van der Waals surface area (Å²) in [4.78, 5) is 20.6. The van der Waals surface area contributed by atoms with Crippen LogP contribution in [0.3, 0.4) is 0 Å². The lowest BCUT2D eigenvalue weighted by molar-refractivity contribution is 0.0631. The summed E-state index contributed by atoms with van der Waals surface area (Å²) in [5.74, 6) is -3.43. The van der Waals surface area contributed by atoms with Crippen molar-refractivity contribution in [3.05, 3.63) is 22.1 Å². The Balaban J connectivity index is 3.17. The maximum absolute atomic E-state index is 10.3. The van der Waals surface area contributed by atoms with Crippen LogP contribution in [0.2, 0.25) is 0 Å². The van der Waals surface area contributed by atoms with Gasteiger partial charge in [0.1, 0.15) is 0 Å². The number of carbonyl (C=O) groups is 2. The molecule has 1 aromatic rings. The molecular formula is C6H3BrO5. The Morgan fingerprint density at radius 2 is 1.92 bits per heavy atom. The van der Waals surface area contributed by atoms with Crippen LogP contribution < -0.4 is 0 Å². The van der Waals surface area contributed by atoms with E-state index in [2.05, 4.69) is 20.3 Å². The average Bonchev–Trinajstić information content (AvgIpc) is 2.30. The van der Waals surface area contributed by atoms with Gasteiger partial charge in [-0.15, -0.1) is 0 Å². The first kappa shape index (κ1) is 8.79. The van der Waals surface area contributed by atoms with E-state index in [4.69, 9.17) is 10.2 Å². The summed E-state index contributed by atoms with van der Waals surface area (Å²) in [6.07, 6.45) is 0. The van der Waals surface area contributed by atoms with Crippen LogP contribution in [-0.4, -0.2) is 22.2 Å². The highest BCUT2D eigenvalue weighted by Gasteiger charge is 2.18. The summed E-state index contributed by atoms with van der Waals surface area (Å²) >= 11 is 2.85. The Bertz CT molecular complexity index is 340. The van der Waals surface area contributed by atoms with Gasteiger partial charge in [0.05, 0.1) is 4.47 Å². The third-order valence-electron chi connectivity index (χ3n) is 1.09. The molecule has 0 saturated carbocycles. The molecule has 0 amide bonds. The van der Waals surface area contributed by atoms with Crippen molar-refractivity contribution in [2.75, 3.05) is 0 Å². The van der Waals surface area contributed by atoms with Crippen molar-refractivity contribution in [3.63, 3.8) is 0 Å². The third kappa shape index (κ3) is 1.48. The quantitative estimate of drug-likeness (QED) is 0.809. The molecule has 0 aromatic carbocycles.